The minimum absolute atomic E-state index is 0.205. The lowest BCUT2D eigenvalue weighted by molar-refractivity contribution is -0.131. The Kier molecular flexibility index (Phi) is 3.60. The summed E-state index contributed by atoms with van der Waals surface area (Å²) in [6.45, 7) is 2.22. The van der Waals surface area contributed by atoms with Gasteiger partial charge in [0.05, 0.1) is 6.54 Å². The van der Waals surface area contributed by atoms with Crippen LogP contribution in [0.1, 0.15) is 18.1 Å². The van der Waals surface area contributed by atoms with Gasteiger partial charge >= 0.3 is 6.03 Å². The minimum Gasteiger partial charge on any atom is -0.454 e. The van der Waals surface area contributed by atoms with E-state index in [1.165, 1.54) is 4.90 Å². The Hall–Kier alpha value is -3.02. The highest BCUT2D eigenvalue weighted by Crippen LogP contribution is 2.34. The lowest BCUT2D eigenvalue weighted by Gasteiger charge is -2.22. The fourth-order valence-electron chi connectivity index (χ4n) is 3.24. The Morgan fingerprint density at radius 1 is 1.04 bits per heavy atom. The Bertz CT molecular complexity index is 837. The Morgan fingerprint density at radius 2 is 1.80 bits per heavy atom. The van der Waals surface area contributed by atoms with Crippen LogP contribution in [0.2, 0.25) is 0 Å². The average molecular weight is 338 g/mol. The number of urea groups is 1. The molecule has 0 radical (unpaired) electrons. The van der Waals surface area contributed by atoms with Crippen molar-refractivity contribution in [1.82, 2.24) is 10.2 Å². The second-order valence-corrected chi connectivity index (χ2v) is 6.50. The zero-order chi connectivity index (χ0) is 17.4. The SMILES string of the molecule is C[C@@]1(Cc2ccc3c(c2)OCO3)NC(=O)N(Cc2ccccc2)C1=O. The first kappa shape index (κ1) is 15.5. The zero-order valence-electron chi connectivity index (χ0n) is 13.8. The molecular weight excluding hydrogens is 320 g/mol. The van der Waals surface area contributed by atoms with E-state index in [1.807, 2.05) is 48.5 Å². The van der Waals surface area contributed by atoms with Crippen LogP contribution >= 0.6 is 0 Å². The van der Waals surface area contributed by atoms with E-state index in [9.17, 15) is 9.59 Å². The van der Waals surface area contributed by atoms with E-state index in [0.717, 1.165) is 11.1 Å². The Morgan fingerprint density at radius 3 is 2.60 bits per heavy atom. The molecule has 0 unspecified atom stereocenters. The molecule has 1 N–H and O–H groups in total. The maximum Gasteiger partial charge on any atom is 0.325 e. The third kappa shape index (κ3) is 2.80. The molecule has 3 amide bonds. The Balaban J connectivity index is 1.53. The van der Waals surface area contributed by atoms with Gasteiger partial charge in [-0.25, -0.2) is 4.79 Å². The predicted molar refractivity (Wildman–Crippen MR) is 90.2 cm³/mol. The standard InChI is InChI=1S/C19H18N2O4/c1-19(10-14-7-8-15-16(9-14)25-12-24-15)17(22)21(18(23)20-19)11-13-5-3-2-4-6-13/h2-9H,10-12H2,1H3,(H,20,23)/t19-/m0/s1. The van der Waals surface area contributed by atoms with Crippen LogP contribution in [0.15, 0.2) is 48.5 Å². The van der Waals surface area contributed by atoms with Crippen LogP contribution in [0.5, 0.6) is 11.5 Å². The molecule has 1 fully saturated rings. The molecule has 6 nitrogen and oxygen atoms in total. The smallest absolute Gasteiger partial charge is 0.325 e. The highest BCUT2D eigenvalue weighted by molar-refractivity contribution is 6.06. The molecule has 4 rings (SSSR count). The molecule has 2 aliphatic heterocycles. The number of nitrogens with zero attached hydrogens (tertiary/aromatic N) is 1. The molecule has 128 valence electrons. The second kappa shape index (κ2) is 5.81. The maximum absolute atomic E-state index is 12.9. The molecule has 6 heteroatoms. The van der Waals surface area contributed by atoms with E-state index in [1.54, 1.807) is 6.92 Å². The third-order valence-electron chi connectivity index (χ3n) is 4.52. The van der Waals surface area contributed by atoms with E-state index < -0.39 is 5.54 Å². The van der Waals surface area contributed by atoms with Crippen molar-refractivity contribution >= 4 is 11.9 Å². The number of fused-ring (bicyclic) bond motifs is 1. The van der Waals surface area contributed by atoms with Crippen LogP contribution in [0, 0.1) is 0 Å². The van der Waals surface area contributed by atoms with Crippen LogP contribution in [0.25, 0.3) is 0 Å². The van der Waals surface area contributed by atoms with Gasteiger partial charge in [0.1, 0.15) is 5.54 Å². The largest absolute Gasteiger partial charge is 0.454 e. The van der Waals surface area contributed by atoms with Crippen LogP contribution in [0.4, 0.5) is 4.79 Å². The minimum atomic E-state index is -0.973. The molecule has 2 aromatic rings. The molecule has 2 aromatic carbocycles. The van der Waals surface area contributed by atoms with Gasteiger partial charge in [-0.2, -0.15) is 0 Å². The summed E-state index contributed by atoms with van der Waals surface area (Å²) in [6.07, 6.45) is 0.388. The van der Waals surface area contributed by atoms with Crippen molar-refractivity contribution in [1.29, 1.82) is 0 Å². The molecule has 25 heavy (non-hydrogen) atoms. The number of carbonyl (C=O) groups is 2. The topological polar surface area (TPSA) is 67.9 Å². The maximum atomic E-state index is 12.9. The lowest BCUT2D eigenvalue weighted by atomic mass is 9.92. The molecule has 0 spiro atoms. The summed E-state index contributed by atoms with van der Waals surface area (Å²) in [7, 11) is 0. The van der Waals surface area contributed by atoms with Gasteiger partial charge in [0.15, 0.2) is 11.5 Å². The molecule has 2 aliphatic rings. The molecule has 1 saturated heterocycles. The zero-order valence-corrected chi connectivity index (χ0v) is 13.8. The number of hydrogen-bond donors (Lipinski definition) is 1. The van der Waals surface area contributed by atoms with Gasteiger partial charge in [-0.1, -0.05) is 36.4 Å². The van der Waals surface area contributed by atoms with Gasteiger partial charge in [0, 0.05) is 6.42 Å². The summed E-state index contributed by atoms with van der Waals surface area (Å²) < 4.78 is 10.7. The normalized spacial score (nSPS) is 21.6. The van der Waals surface area contributed by atoms with Gasteiger partial charge in [-0.05, 0) is 30.2 Å². The number of ether oxygens (including phenoxy) is 2. The molecule has 1 atom stereocenters. The van der Waals surface area contributed by atoms with Gasteiger partial charge in [0.25, 0.3) is 5.91 Å². The number of imide groups is 1. The first-order valence-corrected chi connectivity index (χ1v) is 8.12. The summed E-state index contributed by atoms with van der Waals surface area (Å²) in [6, 6.07) is 14.7. The number of rotatable bonds is 4. The van der Waals surface area contributed by atoms with Crippen molar-refractivity contribution in [3.63, 3.8) is 0 Å². The number of hydrogen-bond acceptors (Lipinski definition) is 4. The molecule has 0 aromatic heterocycles. The average Bonchev–Trinajstić information content (AvgIpc) is 3.14. The highest BCUT2D eigenvalue weighted by atomic mass is 16.7. The molecule has 0 aliphatic carbocycles. The first-order valence-electron chi connectivity index (χ1n) is 8.12. The van der Waals surface area contributed by atoms with E-state index in [0.29, 0.717) is 17.9 Å². The lowest BCUT2D eigenvalue weighted by Crippen LogP contribution is -2.45. The van der Waals surface area contributed by atoms with Crippen LogP contribution < -0.4 is 14.8 Å². The second-order valence-electron chi connectivity index (χ2n) is 6.50. The van der Waals surface area contributed by atoms with Crippen molar-refractivity contribution in [3.05, 3.63) is 59.7 Å². The van der Waals surface area contributed by atoms with Crippen LogP contribution in [0.3, 0.4) is 0 Å². The third-order valence-corrected chi connectivity index (χ3v) is 4.52. The Labute approximate surface area is 145 Å². The summed E-state index contributed by atoms with van der Waals surface area (Å²) in [5.41, 5.74) is 0.847. The van der Waals surface area contributed by atoms with E-state index in [-0.39, 0.29) is 25.3 Å². The van der Waals surface area contributed by atoms with Gasteiger partial charge in [-0.3, -0.25) is 9.69 Å². The van der Waals surface area contributed by atoms with Gasteiger partial charge < -0.3 is 14.8 Å². The van der Waals surface area contributed by atoms with E-state index in [4.69, 9.17) is 9.47 Å². The van der Waals surface area contributed by atoms with Crippen molar-refractivity contribution in [2.75, 3.05) is 6.79 Å². The highest BCUT2D eigenvalue weighted by Gasteiger charge is 2.47. The number of nitrogens with one attached hydrogen (secondary N) is 1. The summed E-state index contributed by atoms with van der Waals surface area (Å²) in [4.78, 5) is 26.5. The fourth-order valence-corrected chi connectivity index (χ4v) is 3.24. The van der Waals surface area contributed by atoms with Crippen molar-refractivity contribution in [3.8, 4) is 11.5 Å². The first-order chi connectivity index (χ1) is 12.0. The summed E-state index contributed by atoms with van der Waals surface area (Å²) >= 11 is 0. The van der Waals surface area contributed by atoms with Gasteiger partial charge in [-0.15, -0.1) is 0 Å². The quantitative estimate of drug-likeness (QED) is 0.870. The number of amides is 3. The monoisotopic (exact) mass is 338 g/mol. The fraction of sp³-hybridized carbons (Fsp3) is 0.263. The molecular formula is C19H18N2O4. The van der Waals surface area contributed by atoms with E-state index >= 15 is 0 Å². The van der Waals surface area contributed by atoms with Crippen molar-refractivity contribution in [2.24, 2.45) is 0 Å². The molecule has 0 bridgehead atoms. The number of carbonyl (C=O) groups excluding carboxylic acids is 2. The predicted octanol–water partition coefficient (Wildman–Crippen LogP) is 2.47. The van der Waals surface area contributed by atoms with Crippen molar-refractivity contribution in [2.45, 2.75) is 25.4 Å². The number of benzene rings is 2. The summed E-state index contributed by atoms with van der Waals surface area (Å²) in [5.74, 6) is 1.14. The van der Waals surface area contributed by atoms with E-state index in [2.05, 4.69) is 5.32 Å². The van der Waals surface area contributed by atoms with Crippen LogP contribution in [-0.4, -0.2) is 29.2 Å². The van der Waals surface area contributed by atoms with Crippen LogP contribution in [-0.2, 0) is 17.8 Å². The molecule has 0 saturated carbocycles. The van der Waals surface area contributed by atoms with Crippen molar-refractivity contribution < 1.29 is 19.1 Å². The summed E-state index contributed by atoms with van der Waals surface area (Å²) in [5, 5.41) is 2.83. The molecule has 2 heterocycles. The van der Waals surface area contributed by atoms with Gasteiger partial charge in [0.2, 0.25) is 6.79 Å².